The van der Waals surface area contributed by atoms with Gasteiger partial charge in [0.05, 0.1) is 6.54 Å². The highest BCUT2D eigenvalue weighted by Crippen LogP contribution is 2.20. The molecule has 0 bridgehead atoms. The topological polar surface area (TPSA) is 52.7 Å². The monoisotopic (exact) mass is 373 g/mol. The number of carbonyl (C=O) groups is 2. The Hall–Kier alpha value is -1.88. The van der Waals surface area contributed by atoms with Gasteiger partial charge in [-0.2, -0.15) is 0 Å². The summed E-state index contributed by atoms with van der Waals surface area (Å²) in [6.45, 7) is 11.6. The van der Waals surface area contributed by atoms with Gasteiger partial charge in [0, 0.05) is 37.8 Å². The van der Waals surface area contributed by atoms with Gasteiger partial charge in [-0.05, 0) is 37.8 Å². The molecule has 5 heteroatoms. The van der Waals surface area contributed by atoms with Crippen LogP contribution >= 0.6 is 0 Å². The summed E-state index contributed by atoms with van der Waals surface area (Å²) in [4.78, 5) is 29.3. The summed E-state index contributed by atoms with van der Waals surface area (Å²) in [6, 6.07) is 6.02. The van der Waals surface area contributed by atoms with Gasteiger partial charge in [0.2, 0.25) is 11.8 Å². The third-order valence-corrected chi connectivity index (χ3v) is 5.54. The molecule has 0 aliphatic carbocycles. The summed E-state index contributed by atoms with van der Waals surface area (Å²) in [7, 11) is 0. The van der Waals surface area contributed by atoms with E-state index in [2.05, 4.69) is 24.1 Å². The average Bonchev–Trinajstić information content (AvgIpc) is 2.66. The Morgan fingerprint density at radius 1 is 1.07 bits per heavy atom. The number of unbranched alkanes of at least 4 members (excludes halogenated alkanes) is 1. The van der Waals surface area contributed by atoms with Gasteiger partial charge in [-0.3, -0.25) is 14.5 Å². The lowest BCUT2D eigenvalue weighted by atomic mass is 9.97. The summed E-state index contributed by atoms with van der Waals surface area (Å²) in [6.07, 6.45) is 4.15. The number of nitrogens with zero attached hydrogens (tertiary/aromatic N) is 2. The largest absolute Gasteiger partial charge is 0.340 e. The Balaban J connectivity index is 1.81. The second-order valence-corrected chi connectivity index (χ2v) is 7.66. The zero-order chi connectivity index (χ0) is 19.8. The van der Waals surface area contributed by atoms with Crippen LogP contribution in [0.4, 0.5) is 5.69 Å². The van der Waals surface area contributed by atoms with Crippen molar-refractivity contribution in [3.63, 3.8) is 0 Å². The van der Waals surface area contributed by atoms with E-state index in [9.17, 15) is 9.59 Å². The number of aryl methyl sites for hydroxylation is 2. The molecule has 2 rings (SSSR count). The van der Waals surface area contributed by atoms with Crippen LogP contribution in [0.1, 0.15) is 50.7 Å². The molecule has 27 heavy (non-hydrogen) atoms. The number of carbonyl (C=O) groups excluding carboxylic acids is 2. The smallest absolute Gasteiger partial charge is 0.238 e. The van der Waals surface area contributed by atoms with Gasteiger partial charge in [0.1, 0.15) is 0 Å². The number of hydrogen-bond acceptors (Lipinski definition) is 3. The quantitative estimate of drug-likeness (QED) is 0.757. The van der Waals surface area contributed by atoms with E-state index < -0.39 is 0 Å². The SMILES string of the molecule is CCCCC(CC)C(=O)N1CCN(CC(=O)Nc2c(C)cccc2C)CC1. The van der Waals surface area contributed by atoms with Crippen molar-refractivity contribution in [2.24, 2.45) is 5.92 Å². The molecule has 1 aliphatic heterocycles. The van der Waals surface area contributed by atoms with Crippen LogP contribution in [0.15, 0.2) is 18.2 Å². The molecular formula is C22H35N3O2. The first-order valence-electron chi connectivity index (χ1n) is 10.3. The second-order valence-electron chi connectivity index (χ2n) is 7.66. The highest BCUT2D eigenvalue weighted by atomic mass is 16.2. The number of benzene rings is 1. The zero-order valence-corrected chi connectivity index (χ0v) is 17.4. The summed E-state index contributed by atoms with van der Waals surface area (Å²) in [5.74, 6) is 0.468. The van der Waals surface area contributed by atoms with Crippen LogP contribution in [0.25, 0.3) is 0 Å². The molecule has 1 saturated heterocycles. The van der Waals surface area contributed by atoms with E-state index >= 15 is 0 Å². The van der Waals surface area contributed by atoms with Gasteiger partial charge < -0.3 is 10.2 Å². The minimum Gasteiger partial charge on any atom is -0.340 e. The van der Waals surface area contributed by atoms with Crippen molar-refractivity contribution in [2.45, 2.75) is 53.4 Å². The van der Waals surface area contributed by atoms with E-state index in [1.165, 1.54) is 0 Å². The third-order valence-electron chi connectivity index (χ3n) is 5.54. The molecule has 1 aliphatic rings. The minimum absolute atomic E-state index is 0.0153. The number of nitrogens with one attached hydrogen (secondary N) is 1. The van der Waals surface area contributed by atoms with Crippen LogP contribution in [0.2, 0.25) is 0 Å². The highest BCUT2D eigenvalue weighted by Gasteiger charge is 2.26. The van der Waals surface area contributed by atoms with Crippen molar-refractivity contribution in [1.82, 2.24) is 9.80 Å². The number of para-hydroxylation sites is 1. The fourth-order valence-corrected chi connectivity index (χ4v) is 3.73. The van der Waals surface area contributed by atoms with E-state index in [-0.39, 0.29) is 11.8 Å². The molecule has 5 nitrogen and oxygen atoms in total. The van der Waals surface area contributed by atoms with E-state index in [4.69, 9.17) is 0 Å². The molecule has 0 aromatic heterocycles. The Kier molecular flexibility index (Phi) is 8.29. The molecule has 1 aromatic carbocycles. The van der Waals surface area contributed by atoms with E-state index in [1.807, 2.05) is 36.9 Å². The van der Waals surface area contributed by atoms with Crippen molar-refractivity contribution < 1.29 is 9.59 Å². The number of hydrogen-bond donors (Lipinski definition) is 1. The molecule has 2 amide bonds. The van der Waals surface area contributed by atoms with Crippen molar-refractivity contribution in [1.29, 1.82) is 0 Å². The molecule has 1 atom stereocenters. The van der Waals surface area contributed by atoms with Gasteiger partial charge in [0.15, 0.2) is 0 Å². The molecule has 1 N–H and O–H groups in total. The Morgan fingerprint density at radius 2 is 1.70 bits per heavy atom. The maximum Gasteiger partial charge on any atom is 0.238 e. The normalized spacial score (nSPS) is 16.2. The fraction of sp³-hybridized carbons (Fsp3) is 0.636. The van der Waals surface area contributed by atoms with Crippen molar-refractivity contribution in [2.75, 3.05) is 38.0 Å². The van der Waals surface area contributed by atoms with Crippen LogP contribution in [-0.4, -0.2) is 54.3 Å². The van der Waals surface area contributed by atoms with Gasteiger partial charge in [-0.25, -0.2) is 0 Å². The highest BCUT2D eigenvalue weighted by molar-refractivity contribution is 5.93. The first kappa shape index (κ1) is 21.4. The summed E-state index contributed by atoms with van der Waals surface area (Å²) >= 11 is 0. The Labute approximate surface area is 164 Å². The molecule has 1 fully saturated rings. The van der Waals surface area contributed by atoms with Crippen LogP contribution < -0.4 is 5.32 Å². The summed E-state index contributed by atoms with van der Waals surface area (Å²) < 4.78 is 0. The molecule has 0 spiro atoms. The lowest BCUT2D eigenvalue weighted by molar-refractivity contribution is -0.137. The summed E-state index contributed by atoms with van der Waals surface area (Å²) in [5, 5.41) is 3.05. The first-order valence-corrected chi connectivity index (χ1v) is 10.3. The summed E-state index contributed by atoms with van der Waals surface area (Å²) in [5.41, 5.74) is 3.07. The predicted molar refractivity (Wildman–Crippen MR) is 111 cm³/mol. The van der Waals surface area contributed by atoms with Crippen molar-refractivity contribution >= 4 is 17.5 Å². The number of rotatable bonds is 8. The van der Waals surface area contributed by atoms with E-state index in [0.717, 1.165) is 68.7 Å². The Bertz CT molecular complexity index is 616. The molecule has 1 heterocycles. The van der Waals surface area contributed by atoms with Crippen LogP contribution in [0, 0.1) is 19.8 Å². The molecule has 0 saturated carbocycles. The average molecular weight is 374 g/mol. The number of piperazine rings is 1. The minimum atomic E-state index is 0.0153. The molecule has 1 unspecified atom stereocenters. The lowest BCUT2D eigenvalue weighted by Gasteiger charge is -2.36. The Morgan fingerprint density at radius 3 is 2.26 bits per heavy atom. The number of anilines is 1. The van der Waals surface area contributed by atoms with Gasteiger partial charge in [0.25, 0.3) is 0 Å². The van der Waals surface area contributed by atoms with E-state index in [0.29, 0.717) is 12.5 Å². The maximum atomic E-state index is 12.7. The third kappa shape index (κ3) is 6.06. The predicted octanol–water partition coefficient (Wildman–Crippen LogP) is 3.60. The van der Waals surface area contributed by atoms with Crippen LogP contribution in [0.3, 0.4) is 0 Å². The molecular weight excluding hydrogens is 338 g/mol. The van der Waals surface area contributed by atoms with Crippen LogP contribution in [0.5, 0.6) is 0 Å². The molecule has 150 valence electrons. The standard InChI is InChI=1S/C22H35N3O2/c1-5-7-11-19(6-2)22(27)25-14-12-24(13-15-25)16-20(26)23-21-17(3)9-8-10-18(21)4/h8-10,19H,5-7,11-16H2,1-4H3,(H,23,26). The lowest BCUT2D eigenvalue weighted by Crippen LogP contribution is -2.51. The zero-order valence-electron chi connectivity index (χ0n) is 17.4. The first-order chi connectivity index (χ1) is 13.0. The fourth-order valence-electron chi connectivity index (χ4n) is 3.73. The van der Waals surface area contributed by atoms with Gasteiger partial charge >= 0.3 is 0 Å². The molecule has 1 aromatic rings. The maximum absolute atomic E-state index is 12.7. The second kappa shape index (κ2) is 10.5. The molecule has 0 radical (unpaired) electrons. The number of amides is 2. The van der Waals surface area contributed by atoms with Crippen LogP contribution in [-0.2, 0) is 9.59 Å². The van der Waals surface area contributed by atoms with Crippen molar-refractivity contribution in [3.05, 3.63) is 29.3 Å². The van der Waals surface area contributed by atoms with Gasteiger partial charge in [-0.15, -0.1) is 0 Å². The van der Waals surface area contributed by atoms with Gasteiger partial charge in [-0.1, -0.05) is 44.9 Å². The van der Waals surface area contributed by atoms with Crippen molar-refractivity contribution in [3.8, 4) is 0 Å². The van der Waals surface area contributed by atoms with E-state index in [1.54, 1.807) is 0 Å².